The molecule has 0 aliphatic carbocycles. The molecule has 1 unspecified atom stereocenters. The van der Waals surface area contributed by atoms with Crippen LogP contribution in [-0.4, -0.2) is 43.0 Å². The normalized spacial score (nSPS) is 23.1. The topological polar surface area (TPSA) is 124 Å². The second kappa shape index (κ2) is 5.91. The molecule has 0 bridgehead atoms. The summed E-state index contributed by atoms with van der Waals surface area (Å²) in [7, 11) is -4.12. The molecule has 1 aliphatic rings. The third-order valence-electron chi connectivity index (χ3n) is 3.80. The highest BCUT2D eigenvalue weighted by molar-refractivity contribution is 7.92. The van der Waals surface area contributed by atoms with Gasteiger partial charge >= 0.3 is 11.1 Å². The number of carbonyl (C=O) groups excluding carboxylic acids is 2. The lowest BCUT2D eigenvalue weighted by molar-refractivity contribution is -0.646. The minimum atomic E-state index is -4.12. The molecule has 9 heteroatoms. The van der Waals surface area contributed by atoms with Crippen molar-refractivity contribution >= 4 is 21.7 Å². The van der Waals surface area contributed by atoms with Gasteiger partial charge in [0.1, 0.15) is 5.25 Å². The summed E-state index contributed by atoms with van der Waals surface area (Å²) in [5, 5.41) is 9.87. The molecule has 0 aromatic carbocycles. The van der Waals surface area contributed by atoms with Crippen molar-refractivity contribution in [1.82, 2.24) is 4.90 Å². The van der Waals surface area contributed by atoms with Gasteiger partial charge in [0.15, 0.2) is 12.0 Å². The van der Waals surface area contributed by atoms with E-state index in [1.165, 1.54) is 12.1 Å². The smallest absolute Gasteiger partial charge is 0.315 e. The molecule has 1 aromatic heterocycles. The van der Waals surface area contributed by atoms with E-state index in [0.29, 0.717) is 6.42 Å². The Bertz CT molecular complexity index is 703. The van der Waals surface area contributed by atoms with E-state index in [9.17, 15) is 23.2 Å². The quantitative estimate of drug-likeness (QED) is 0.584. The average Bonchev–Trinajstić information content (AvgIpc) is 2.58. The van der Waals surface area contributed by atoms with Gasteiger partial charge in [0, 0.05) is 18.2 Å². The number of ketones is 1. The Balaban J connectivity index is 2.38. The van der Waals surface area contributed by atoms with E-state index in [1.807, 2.05) is 0 Å². The minimum absolute atomic E-state index is 0.0427. The number of pyridine rings is 1. The van der Waals surface area contributed by atoms with Crippen LogP contribution in [0.5, 0.6) is 0 Å². The second-order valence-electron chi connectivity index (χ2n) is 5.26. The van der Waals surface area contributed by atoms with E-state index in [-0.39, 0.29) is 23.7 Å². The molecule has 120 valence electrons. The Morgan fingerprint density at radius 2 is 2.09 bits per heavy atom. The lowest BCUT2D eigenvalue weighted by Crippen LogP contribution is -2.46. The van der Waals surface area contributed by atoms with E-state index in [2.05, 4.69) is 0 Å². The van der Waals surface area contributed by atoms with Gasteiger partial charge in [-0.25, -0.2) is 13.2 Å². The fourth-order valence-corrected chi connectivity index (χ4v) is 4.28. The summed E-state index contributed by atoms with van der Waals surface area (Å²) in [5.74, 6) is -0.632. The molecule has 1 aliphatic heterocycles. The van der Waals surface area contributed by atoms with Crippen molar-refractivity contribution in [2.24, 2.45) is 5.73 Å². The number of likely N-dealkylation sites (tertiary alicyclic amines) is 1. The number of carbonyl (C=O) groups is 2. The fourth-order valence-electron chi connectivity index (χ4n) is 2.54. The van der Waals surface area contributed by atoms with Crippen LogP contribution in [0.2, 0.25) is 0 Å². The Kier molecular flexibility index (Phi) is 4.36. The molecule has 2 atom stereocenters. The van der Waals surface area contributed by atoms with Crippen LogP contribution in [-0.2, 0) is 14.6 Å². The number of aromatic nitrogens is 1. The molecule has 0 spiro atoms. The van der Waals surface area contributed by atoms with Crippen molar-refractivity contribution in [3.8, 4) is 0 Å². The minimum Gasteiger partial charge on any atom is -0.618 e. The first-order valence-corrected chi connectivity index (χ1v) is 8.30. The summed E-state index contributed by atoms with van der Waals surface area (Å²) in [5.41, 5.74) is 5.21. The zero-order valence-electron chi connectivity index (χ0n) is 12.0. The van der Waals surface area contributed by atoms with Crippen molar-refractivity contribution in [3.05, 3.63) is 29.6 Å². The number of nitrogens with zero attached hydrogens (tertiary/aromatic N) is 2. The lowest BCUT2D eigenvalue weighted by atomic mass is 10.1. The zero-order chi connectivity index (χ0) is 16.5. The highest BCUT2D eigenvalue weighted by Crippen LogP contribution is 2.23. The largest absolute Gasteiger partial charge is 0.618 e. The van der Waals surface area contributed by atoms with E-state index in [0.717, 1.165) is 17.2 Å². The van der Waals surface area contributed by atoms with Gasteiger partial charge < -0.3 is 15.8 Å². The number of amides is 2. The lowest BCUT2D eigenvalue weighted by Gasteiger charge is -2.23. The third-order valence-corrected chi connectivity index (χ3v) is 5.95. The van der Waals surface area contributed by atoms with Gasteiger partial charge in [-0.1, -0.05) is 0 Å². The Labute approximate surface area is 128 Å². The molecular formula is C13H17N3O5S. The van der Waals surface area contributed by atoms with Crippen LogP contribution >= 0.6 is 0 Å². The molecule has 2 amide bonds. The van der Waals surface area contributed by atoms with Gasteiger partial charge in [0.05, 0.1) is 6.54 Å². The monoisotopic (exact) mass is 327 g/mol. The average molecular weight is 327 g/mol. The molecule has 1 aromatic rings. The van der Waals surface area contributed by atoms with Crippen LogP contribution in [0, 0.1) is 5.21 Å². The fraction of sp³-hybridized carbons (Fsp3) is 0.462. The number of hydrogen-bond acceptors (Lipinski definition) is 5. The highest BCUT2D eigenvalue weighted by Gasteiger charge is 2.42. The SMILES string of the molecule is C[C@@H]1CCC(S(=O)(=O)c2cccc[n+]2[O-])C(=O)CN1C(N)=O. The first-order chi connectivity index (χ1) is 10.2. The Hall–Kier alpha value is -2.16. The molecule has 8 nitrogen and oxygen atoms in total. The van der Waals surface area contributed by atoms with Crippen LogP contribution in [0.15, 0.2) is 29.4 Å². The molecule has 1 fully saturated rings. The maximum absolute atomic E-state index is 12.6. The van der Waals surface area contributed by atoms with Crippen molar-refractivity contribution in [1.29, 1.82) is 0 Å². The summed E-state index contributed by atoms with van der Waals surface area (Å²) >= 11 is 0. The number of urea groups is 1. The first-order valence-electron chi connectivity index (χ1n) is 6.76. The van der Waals surface area contributed by atoms with Crippen LogP contribution in [0.4, 0.5) is 4.79 Å². The van der Waals surface area contributed by atoms with Gasteiger partial charge in [0.2, 0.25) is 9.84 Å². The summed E-state index contributed by atoms with van der Waals surface area (Å²) in [6, 6.07) is 2.88. The van der Waals surface area contributed by atoms with Gasteiger partial charge in [-0.2, -0.15) is 4.73 Å². The molecule has 2 heterocycles. The van der Waals surface area contributed by atoms with Gasteiger partial charge in [0.25, 0.3) is 0 Å². The molecule has 0 saturated carbocycles. The number of nitrogens with two attached hydrogens (primary N) is 1. The number of primary amides is 1. The van der Waals surface area contributed by atoms with Crippen LogP contribution in [0.3, 0.4) is 0 Å². The molecule has 1 saturated heterocycles. The molecular weight excluding hydrogens is 310 g/mol. The second-order valence-corrected chi connectivity index (χ2v) is 7.33. The maximum Gasteiger partial charge on any atom is 0.315 e. The number of sulfone groups is 1. The van der Waals surface area contributed by atoms with Crippen molar-refractivity contribution in [2.45, 2.75) is 36.1 Å². The summed E-state index contributed by atoms with van der Waals surface area (Å²) in [4.78, 5) is 24.7. The molecule has 22 heavy (non-hydrogen) atoms. The van der Waals surface area contributed by atoms with Crippen LogP contribution in [0.1, 0.15) is 19.8 Å². The van der Waals surface area contributed by atoms with Gasteiger partial charge in [-0.15, -0.1) is 0 Å². The number of Topliss-reactive ketones (excluding diaryl/α,β-unsaturated/α-hetero) is 1. The summed E-state index contributed by atoms with van der Waals surface area (Å²) < 4.78 is 25.4. The number of hydrogen-bond donors (Lipinski definition) is 1. The van der Waals surface area contributed by atoms with Crippen LogP contribution < -0.4 is 10.5 Å². The van der Waals surface area contributed by atoms with E-state index >= 15 is 0 Å². The predicted molar refractivity (Wildman–Crippen MR) is 76.4 cm³/mol. The number of rotatable bonds is 2. The zero-order valence-corrected chi connectivity index (χ0v) is 12.8. The summed E-state index contributed by atoms with van der Waals surface area (Å²) in [6.07, 6.45) is 1.41. The molecule has 2 rings (SSSR count). The Morgan fingerprint density at radius 3 is 2.68 bits per heavy atom. The maximum atomic E-state index is 12.6. The third kappa shape index (κ3) is 2.89. The predicted octanol–water partition coefficient (Wildman–Crippen LogP) is -0.406. The first kappa shape index (κ1) is 16.2. The molecule has 0 radical (unpaired) electrons. The van der Waals surface area contributed by atoms with E-state index < -0.39 is 31.9 Å². The summed E-state index contributed by atoms with van der Waals surface area (Å²) in [6.45, 7) is 1.33. The molecule has 2 N–H and O–H groups in total. The Morgan fingerprint density at radius 1 is 1.41 bits per heavy atom. The van der Waals surface area contributed by atoms with Gasteiger partial charge in [-0.3, -0.25) is 4.79 Å². The standard InChI is InChI=1S/C13H17N3O5S/c1-9-5-6-11(10(17)8-15(9)13(14)18)22(20,21)12-4-2-3-7-16(12)19/h2-4,7,9,11H,5-6,8H2,1H3,(H2,14,18)/t9-,11?/m1/s1. The highest BCUT2D eigenvalue weighted by atomic mass is 32.2. The van der Waals surface area contributed by atoms with Crippen molar-refractivity contribution < 1.29 is 22.7 Å². The van der Waals surface area contributed by atoms with Crippen molar-refractivity contribution in [2.75, 3.05) is 6.54 Å². The van der Waals surface area contributed by atoms with Gasteiger partial charge in [-0.05, 0) is 25.8 Å². The van der Waals surface area contributed by atoms with Crippen LogP contribution in [0.25, 0.3) is 0 Å². The van der Waals surface area contributed by atoms with E-state index in [4.69, 9.17) is 5.73 Å². The van der Waals surface area contributed by atoms with E-state index in [1.54, 1.807) is 6.92 Å². The van der Waals surface area contributed by atoms with Crippen molar-refractivity contribution in [3.63, 3.8) is 0 Å².